The van der Waals surface area contributed by atoms with Gasteiger partial charge in [-0.25, -0.2) is 4.98 Å². The van der Waals surface area contributed by atoms with Crippen LogP contribution in [0.4, 0.5) is 11.6 Å². The molecule has 1 aromatic heterocycles. The fourth-order valence-corrected chi connectivity index (χ4v) is 2.18. The lowest BCUT2D eigenvalue weighted by Gasteiger charge is -2.34. The van der Waals surface area contributed by atoms with Gasteiger partial charge in [-0.05, 0) is 25.5 Å². The molecule has 0 saturated carbocycles. The summed E-state index contributed by atoms with van der Waals surface area (Å²) in [5.41, 5.74) is 0. The van der Waals surface area contributed by atoms with Gasteiger partial charge in [0.15, 0.2) is 0 Å². The van der Waals surface area contributed by atoms with E-state index >= 15 is 0 Å². The molecule has 1 fully saturated rings. The normalized spacial score (nSPS) is 19.3. The maximum absolute atomic E-state index is 11.8. The summed E-state index contributed by atoms with van der Waals surface area (Å²) in [6.07, 6.45) is 0.631. The van der Waals surface area contributed by atoms with Crippen LogP contribution in [0, 0.1) is 0 Å². The zero-order valence-electron chi connectivity index (χ0n) is 11.1. The Morgan fingerprint density at radius 3 is 2.89 bits per heavy atom. The van der Waals surface area contributed by atoms with Gasteiger partial charge < -0.3 is 10.2 Å². The number of anilines is 2. The number of pyridine rings is 1. The third kappa shape index (κ3) is 2.83. The molecule has 0 bridgehead atoms. The van der Waals surface area contributed by atoms with Crippen molar-refractivity contribution in [1.29, 1.82) is 0 Å². The Morgan fingerprint density at radius 1 is 1.42 bits per heavy atom. The van der Waals surface area contributed by atoms with Crippen LogP contribution in [-0.2, 0) is 9.59 Å². The number of hydrogen-bond donors (Lipinski definition) is 2. The molecule has 2 heterocycles. The fourth-order valence-electron chi connectivity index (χ4n) is 2.18. The lowest BCUT2D eigenvalue weighted by Crippen LogP contribution is -2.58. The first-order chi connectivity index (χ1) is 9.15. The first-order valence-corrected chi connectivity index (χ1v) is 6.47. The standard InChI is InChI=1S/C13H18N4O2/c1-3-9-13(19)16-12(18)8-17(9)11-7-5-6-10(15-11)14-4-2/h5-7,9H,3-4,8H2,1-2H3,(H,14,15)(H,16,18,19). The monoisotopic (exact) mass is 262 g/mol. The van der Waals surface area contributed by atoms with Gasteiger partial charge in [-0.2, -0.15) is 0 Å². The van der Waals surface area contributed by atoms with E-state index in [0.717, 1.165) is 12.4 Å². The van der Waals surface area contributed by atoms with Gasteiger partial charge in [-0.1, -0.05) is 13.0 Å². The summed E-state index contributed by atoms with van der Waals surface area (Å²) < 4.78 is 0. The Hall–Kier alpha value is -2.11. The molecule has 0 aliphatic carbocycles. The van der Waals surface area contributed by atoms with Crippen molar-refractivity contribution in [2.45, 2.75) is 26.3 Å². The van der Waals surface area contributed by atoms with E-state index in [0.29, 0.717) is 12.2 Å². The van der Waals surface area contributed by atoms with Crippen molar-refractivity contribution >= 4 is 23.5 Å². The van der Waals surface area contributed by atoms with Crippen LogP contribution in [0.3, 0.4) is 0 Å². The van der Waals surface area contributed by atoms with Crippen molar-refractivity contribution in [3.05, 3.63) is 18.2 Å². The van der Waals surface area contributed by atoms with Crippen LogP contribution < -0.4 is 15.5 Å². The highest BCUT2D eigenvalue weighted by Gasteiger charge is 2.33. The molecule has 2 amide bonds. The topological polar surface area (TPSA) is 74.3 Å². The number of hydrogen-bond acceptors (Lipinski definition) is 5. The molecule has 1 unspecified atom stereocenters. The molecular weight excluding hydrogens is 244 g/mol. The first-order valence-electron chi connectivity index (χ1n) is 6.47. The van der Waals surface area contributed by atoms with E-state index in [1.807, 2.05) is 32.0 Å². The molecule has 1 aliphatic rings. The molecule has 1 aliphatic heterocycles. The van der Waals surface area contributed by atoms with E-state index in [-0.39, 0.29) is 24.4 Å². The summed E-state index contributed by atoms with van der Waals surface area (Å²) in [6, 6.07) is 5.20. The molecule has 102 valence electrons. The van der Waals surface area contributed by atoms with E-state index in [9.17, 15) is 9.59 Å². The predicted molar refractivity (Wildman–Crippen MR) is 73.0 cm³/mol. The summed E-state index contributed by atoms with van der Waals surface area (Å²) in [4.78, 5) is 29.5. The Balaban J connectivity index is 2.29. The van der Waals surface area contributed by atoms with Crippen molar-refractivity contribution < 1.29 is 9.59 Å². The van der Waals surface area contributed by atoms with E-state index in [2.05, 4.69) is 15.6 Å². The molecule has 1 aromatic rings. The maximum atomic E-state index is 11.8. The molecule has 19 heavy (non-hydrogen) atoms. The van der Waals surface area contributed by atoms with Gasteiger partial charge in [0.25, 0.3) is 0 Å². The number of piperazine rings is 1. The van der Waals surface area contributed by atoms with Gasteiger partial charge in [0, 0.05) is 6.54 Å². The summed E-state index contributed by atoms with van der Waals surface area (Å²) in [5, 5.41) is 5.48. The molecule has 0 radical (unpaired) electrons. The molecular formula is C13H18N4O2. The average Bonchev–Trinajstić information content (AvgIpc) is 2.38. The van der Waals surface area contributed by atoms with Crippen LogP contribution in [0.1, 0.15) is 20.3 Å². The summed E-state index contributed by atoms with van der Waals surface area (Å²) in [7, 11) is 0. The Kier molecular flexibility index (Phi) is 3.99. The highest BCUT2D eigenvalue weighted by atomic mass is 16.2. The van der Waals surface area contributed by atoms with Gasteiger partial charge in [0.1, 0.15) is 17.7 Å². The van der Waals surface area contributed by atoms with Crippen LogP contribution in [0.5, 0.6) is 0 Å². The van der Waals surface area contributed by atoms with Gasteiger partial charge in [0.2, 0.25) is 11.8 Å². The number of aromatic nitrogens is 1. The predicted octanol–water partition coefficient (Wildman–Crippen LogP) is 0.755. The number of carbonyl (C=O) groups excluding carboxylic acids is 2. The van der Waals surface area contributed by atoms with Crippen molar-refractivity contribution in [1.82, 2.24) is 10.3 Å². The van der Waals surface area contributed by atoms with Crippen molar-refractivity contribution in [2.75, 3.05) is 23.3 Å². The quantitative estimate of drug-likeness (QED) is 0.783. The van der Waals surface area contributed by atoms with Crippen LogP contribution in [0.15, 0.2) is 18.2 Å². The third-order valence-corrected chi connectivity index (χ3v) is 3.03. The van der Waals surface area contributed by atoms with Crippen LogP contribution in [0.25, 0.3) is 0 Å². The second-order valence-electron chi connectivity index (χ2n) is 4.38. The molecule has 0 spiro atoms. The van der Waals surface area contributed by atoms with Crippen molar-refractivity contribution in [2.24, 2.45) is 0 Å². The van der Waals surface area contributed by atoms with E-state index in [1.165, 1.54) is 0 Å². The van der Waals surface area contributed by atoms with Gasteiger partial charge in [0.05, 0.1) is 6.54 Å². The molecule has 2 rings (SSSR count). The third-order valence-electron chi connectivity index (χ3n) is 3.03. The van der Waals surface area contributed by atoms with Crippen LogP contribution in [-0.4, -0.2) is 35.9 Å². The Morgan fingerprint density at radius 2 is 2.21 bits per heavy atom. The van der Waals surface area contributed by atoms with Crippen molar-refractivity contribution in [3.63, 3.8) is 0 Å². The fraction of sp³-hybridized carbons (Fsp3) is 0.462. The smallest absolute Gasteiger partial charge is 0.249 e. The second-order valence-corrected chi connectivity index (χ2v) is 4.38. The SMILES string of the molecule is CCNc1cccc(N2CC(=O)NC(=O)C2CC)n1. The van der Waals surface area contributed by atoms with E-state index in [4.69, 9.17) is 0 Å². The Labute approximate surface area is 112 Å². The lowest BCUT2D eigenvalue weighted by atomic mass is 10.1. The highest BCUT2D eigenvalue weighted by molar-refractivity contribution is 6.04. The number of carbonyl (C=O) groups is 2. The summed E-state index contributed by atoms with van der Waals surface area (Å²) >= 11 is 0. The minimum Gasteiger partial charge on any atom is -0.370 e. The number of rotatable bonds is 4. The highest BCUT2D eigenvalue weighted by Crippen LogP contribution is 2.20. The number of nitrogens with one attached hydrogen (secondary N) is 2. The van der Waals surface area contributed by atoms with Gasteiger partial charge >= 0.3 is 0 Å². The van der Waals surface area contributed by atoms with Crippen LogP contribution in [0.2, 0.25) is 0 Å². The average molecular weight is 262 g/mol. The first kappa shape index (κ1) is 13.3. The largest absolute Gasteiger partial charge is 0.370 e. The van der Waals surface area contributed by atoms with Gasteiger partial charge in [-0.15, -0.1) is 0 Å². The van der Waals surface area contributed by atoms with Crippen molar-refractivity contribution in [3.8, 4) is 0 Å². The summed E-state index contributed by atoms with van der Waals surface area (Å²) in [6.45, 7) is 4.84. The molecule has 1 saturated heterocycles. The zero-order chi connectivity index (χ0) is 13.8. The van der Waals surface area contributed by atoms with Crippen LogP contribution >= 0.6 is 0 Å². The van der Waals surface area contributed by atoms with E-state index in [1.54, 1.807) is 4.90 Å². The van der Waals surface area contributed by atoms with Gasteiger partial charge in [-0.3, -0.25) is 14.9 Å². The Bertz CT molecular complexity index is 489. The molecule has 0 aromatic carbocycles. The maximum Gasteiger partial charge on any atom is 0.249 e. The minimum absolute atomic E-state index is 0.160. The number of imide groups is 1. The molecule has 1 atom stereocenters. The molecule has 6 heteroatoms. The number of nitrogens with zero attached hydrogens (tertiary/aromatic N) is 2. The lowest BCUT2D eigenvalue weighted by molar-refractivity contribution is -0.132. The molecule has 6 nitrogen and oxygen atoms in total. The number of amides is 2. The minimum atomic E-state index is -0.345. The van der Waals surface area contributed by atoms with E-state index < -0.39 is 0 Å². The second kappa shape index (κ2) is 5.69. The molecule has 2 N–H and O–H groups in total. The summed E-state index contributed by atoms with van der Waals surface area (Å²) in [5.74, 6) is 0.849. The zero-order valence-corrected chi connectivity index (χ0v) is 11.1.